The number of carbonyl (C=O) groups is 3. The molecule has 33 heavy (non-hydrogen) atoms. The van der Waals surface area contributed by atoms with Gasteiger partial charge in [0, 0.05) is 6.42 Å². The third-order valence-corrected chi connectivity index (χ3v) is 5.71. The van der Waals surface area contributed by atoms with Crippen LogP contribution in [0.4, 0.5) is 10.5 Å². The number of amides is 3. The number of nitrogens with one attached hydrogen (secondary N) is 3. The number of hydrogen-bond acceptors (Lipinski definition) is 3. The smallest absolute Gasteiger partial charge is 0.326 e. The number of carboxylic acid groups (broad SMARTS) is 1. The van der Waals surface area contributed by atoms with Gasteiger partial charge in [0.25, 0.3) is 5.91 Å². The highest BCUT2D eigenvalue weighted by Gasteiger charge is 2.40. The van der Waals surface area contributed by atoms with E-state index < -0.39 is 29.5 Å². The first-order chi connectivity index (χ1) is 15.7. The van der Waals surface area contributed by atoms with Crippen molar-refractivity contribution in [3.05, 3.63) is 83.4 Å². The Balaban J connectivity index is 1.87. The quantitative estimate of drug-likeness (QED) is 0.481. The zero-order valence-corrected chi connectivity index (χ0v) is 19.1. The molecule has 0 fully saturated rings. The summed E-state index contributed by atoms with van der Waals surface area (Å²) in [5.74, 6) is -2.10. The van der Waals surface area contributed by atoms with Gasteiger partial charge in [-0.25, -0.2) is 9.59 Å². The van der Waals surface area contributed by atoms with Gasteiger partial charge in [0.15, 0.2) is 0 Å². The highest BCUT2D eigenvalue weighted by atomic mass is 35.5. The van der Waals surface area contributed by atoms with E-state index >= 15 is 0 Å². The minimum Gasteiger partial charge on any atom is -0.480 e. The molecular formula is C25H26ClN3O4. The largest absolute Gasteiger partial charge is 0.480 e. The van der Waals surface area contributed by atoms with E-state index in [4.69, 9.17) is 11.6 Å². The van der Waals surface area contributed by atoms with E-state index in [0.717, 1.165) is 11.1 Å². The van der Waals surface area contributed by atoms with E-state index in [1.54, 1.807) is 50.3 Å². The van der Waals surface area contributed by atoms with E-state index in [2.05, 4.69) is 16.0 Å². The van der Waals surface area contributed by atoms with Crippen molar-refractivity contribution >= 4 is 40.8 Å². The number of carbonyl (C=O) groups excluding carboxylic acids is 2. The summed E-state index contributed by atoms with van der Waals surface area (Å²) in [4.78, 5) is 37.8. The first-order valence-corrected chi connectivity index (χ1v) is 10.9. The molecule has 0 aliphatic heterocycles. The fourth-order valence-electron chi connectivity index (χ4n) is 3.50. The predicted octanol–water partition coefficient (Wildman–Crippen LogP) is 4.47. The zero-order chi connectivity index (χ0) is 24.0. The Labute approximate surface area is 197 Å². The van der Waals surface area contributed by atoms with Crippen molar-refractivity contribution in [3.63, 3.8) is 0 Å². The van der Waals surface area contributed by atoms with Crippen LogP contribution in [0.2, 0.25) is 5.02 Å². The molecule has 172 valence electrons. The number of urea groups is 1. The summed E-state index contributed by atoms with van der Waals surface area (Å²) < 4.78 is 0. The number of allylic oxidation sites excluding steroid dienone is 2. The van der Waals surface area contributed by atoms with Crippen molar-refractivity contribution in [3.8, 4) is 0 Å². The van der Waals surface area contributed by atoms with Gasteiger partial charge in [-0.15, -0.1) is 0 Å². The third-order valence-electron chi connectivity index (χ3n) is 5.38. The van der Waals surface area contributed by atoms with Crippen LogP contribution in [0.15, 0.2) is 72.8 Å². The van der Waals surface area contributed by atoms with Gasteiger partial charge in [-0.05, 0) is 35.3 Å². The second-order valence-electron chi connectivity index (χ2n) is 8.13. The highest BCUT2D eigenvalue weighted by molar-refractivity contribution is 6.33. The van der Waals surface area contributed by atoms with E-state index in [1.165, 1.54) is 0 Å². The molecule has 0 radical (unpaired) electrons. The van der Waals surface area contributed by atoms with Crippen LogP contribution in [0.25, 0.3) is 5.57 Å². The Hall–Kier alpha value is -3.58. The van der Waals surface area contributed by atoms with E-state index in [1.807, 2.05) is 36.4 Å². The fraction of sp³-hybridized carbons (Fsp3) is 0.240. The van der Waals surface area contributed by atoms with Crippen molar-refractivity contribution < 1.29 is 19.5 Å². The van der Waals surface area contributed by atoms with Crippen molar-refractivity contribution in [2.75, 3.05) is 5.32 Å². The van der Waals surface area contributed by atoms with Gasteiger partial charge in [-0.3, -0.25) is 4.79 Å². The van der Waals surface area contributed by atoms with Gasteiger partial charge in [0.05, 0.1) is 10.7 Å². The minimum absolute atomic E-state index is 0.139. The predicted molar refractivity (Wildman–Crippen MR) is 129 cm³/mol. The normalized spacial score (nSPS) is 18.2. The number of para-hydroxylation sites is 1. The van der Waals surface area contributed by atoms with Crippen molar-refractivity contribution in [2.45, 2.75) is 31.8 Å². The van der Waals surface area contributed by atoms with Crippen LogP contribution in [0.5, 0.6) is 0 Å². The molecule has 4 N–H and O–H groups in total. The van der Waals surface area contributed by atoms with Crippen LogP contribution in [0.3, 0.4) is 0 Å². The van der Waals surface area contributed by atoms with Crippen LogP contribution >= 0.6 is 11.6 Å². The molecule has 2 aromatic rings. The lowest BCUT2D eigenvalue weighted by molar-refractivity contribution is -0.143. The minimum atomic E-state index is -1.48. The summed E-state index contributed by atoms with van der Waals surface area (Å²) in [6.45, 7) is 3.40. The van der Waals surface area contributed by atoms with Gasteiger partial charge < -0.3 is 21.1 Å². The molecule has 1 unspecified atom stereocenters. The topological polar surface area (TPSA) is 108 Å². The van der Waals surface area contributed by atoms with Crippen LogP contribution in [0.1, 0.15) is 25.8 Å². The molecule has 0 bridgehead atoms. The SMILES string of the molecule is CC(C)[C@H](NC(=O)C1(NC(=O)Nc2ccccc2Cl)C=CC(c2ccccc2)=CC1)C(=O)O. The molecule has 0 aromatic heterocycles. The van der Waals surface area contributed by atoms with E-state index in [0.29, 0.717) is 10.7 Å². The average molecular weight is 468 g/mol. The summed E-state index contributed by atoms with van der Waals surface area (Å²) in [6, 6.07) is 14.6. The van der Waals surface area contributed by atoms with Gasteiger partial charge >= 0.3 is 12.0 Å². The number of halogens is 1. The number of carboxylic acids is 1. The van der Waals surface area contributed by atoms with Crippen LogP contribution in [0, 0.1) is 5.92 Å². The maximum absolute atomic E-state index is 13.3. The van der Waals surface area contributed by atoms with Crippen molar-refractivity contribution in [1.82, 2.24) is 10.6 Å². The molecule has 7 nitrogen and oxygen atoms in total. The van der Waals surface area contributed by atoms with Gasteiger partial charge in [-0.1, -0.05) is 80.1 Å². The Morgan fingerprint density at radius 2 is 1.70 bits per heavy atom. The molecule has 8 heteroatoms. The number of benzene rings is 2. The first-order valence-electron chi connectivity index (χ1n) is 10.5. The van der Waals surface area contributed by atoms with Crippen LogP contribution in [-0.4, -0.2) is 34.6 Å². The molecule has 1 aliphatic rings. The average Bonchev–Trinajstić information content (AvgIpc) is 2.79. The summed E-state index contributed by atoms with van der Waals surface area (Å²) in [5, 5.41) is 17.8. The van der Waals surface area contributed by atoms with E-state index in [9.17, 15) is 19.5 Å². The Morgan fingerprint density at radius 3 is 2.27 bits per heavy atom. The maximum Gasteiger partial charge on any atom is 0.326 e. The molecular weight excluding hydrogens is 442 g/mol. The third kappa shape index (κ3) is 5.81. The van der Waals surface area contributed by atoms with Gasteiger partial charge in [0.1, 0.15) is 11.6 Å². The number of aliphatic carboxylic acids is 1. The summed E-state index contributed by atoms with van der Waals surface area (Å²) in [6.07, 6.45) is 5.32. The first kappa shape index (κ1) is 24.1. The lowest BCUT2D eigenvalue weighted by Gasteiger charge is -2.34. The Morgan fingerprint density at radius 1 is 1.03 bits per heavy atom. The number of rotatable bonds is 7. The van der Waals surface area contributed by atoms with Crippen LogP contribution < -0.4 is 16.0 Å². The Bertz CT molecular complexity index is 1100. The molecule has 3 amide bonds. The number of anilines is 1. The summed E-state index contributed by atoms with van der Waals surface area (Å²) in [5.41, 5.74) is 0.768. The van der Waals surface area contributed by atoms with Crippen molar-refractivity contribution in [2.24, 2.45) is 5.92 Å². The second kappa shape index (κ2) is 10.4. The molecule has 1 aliphatic carbocycles. The molecule has 2 atom stereocenters. The lowest BCUT2D eigenvalue weighted by Crippen LogP contribution is -2.61. The van der Waals surface area contributed by atoms with E-state index in [-0.39, 0.29) is 12.3 Å². The fourth-order valence-corrected chi connectivity index (χ4v) is 3.69. The molecule has 0 spiro atoms. The molecule has 2 aromatic carbocycles. The standard InChI is InChI=1S/C25H26ClN3O4/c1-16(2)21(22(30)31)28-23(32)25(29-24(33)27-20-11-7-6-10-19(20)26)14-12-18(13-15-25)17-8-4-3-5-9-17/h3-14,16,21H,15H2,1-2H3,(H,28,32)(H,30,31)(H2,27,29,33)/t21-,25?/m0/s1. The van der Waals surface area contributed by atoms with Gasteiger partial charge in [-0.2, -0.15) is 0 Å². The monoisotopic (exact) mass is 467 g/mol. The molecule has 0 saturated heterocycles. The molecule has 0 saturated carbocycles. The lowest BCUT2D eigenvalue weighted by atomic mass is 9.85. The second-order valence-corrected chi connectivity index (χ2v) is 8.53. The van der Waals surface area contributed by atoms with Gasteiger partial charge in [0.2, 0.25) is 0 Å². The highest BCUT2D eigenvalue weighted by Crippen LogP contribution is 2.28. The van der Waals surface area contributed by atoms with Crippen LogP contribution in [-0.2, 0) is 9.59 Å². The molecule has 0 heterocycles. The zero-order valence-electron chi connectivity index (χ0n) is 18.3. The molecule has 3 rings (SSSR count). The van der Waals surface area contributed by atoms with Crippen molar-refractivity contribution in [1.29, 1.82) is 0 Å². The number of hydrogen-bond donors (Lipinski definition) is 4. The summed E-state index contributed by atoms with van der Waals surface area (Å²) >= 11 is 6.12. The Kier molecular flexibility index (Phi) is 7.55. The summed E-state index contributed by atoms with van der Waals surface area (Å²) in [7, 11) is 0. The maximum atomic E-state index is 13.3.